The predicted octanol–water partition coefficient (Wildman–Crippen LogP) is 5.05. The van der Waals surface area contributed by atoms with Gasteiger partial charge in [-0.15, -0.1) is 11.3 Å². The molecule has 1 saturated heterocycles. The topological polar surface area (TPSA) is 20.3 Å². The highest BCUT2D eigenvalue weighted by Gasteiger charge is 2.27. The summed E-state index contributed by atoms with van der Waals surface area (Å²) in [6.07, 6.45) is 1.28. The minimum Gasteiger partial charge on any atom is -0.301 e. The Morgan fingerprint density at radius 2 is 1.96 bits per heavy atom. The molecule has 2 aromatic rings. The molecule has 2 nitrogen and oxygen atoms in total. The first-order valence-corrected chi connectivity index (χ1v) is 8.97. The average molecular weight is 352 g/mol. The second kappa shape index (κ2) is 7.12. The van der Waals surface area contributed by atoms with Crippen molar-refractivity contribution >= 4 is 29.2 Å². The highest BCUT2D eigenvalue weighted by atomic mass is 35.5. The first kappa shape index (κ1) is 16.6. The molecule has 1 unspecified atom stereocenters. The first-order chi connectivity index (χ1) is 11.1. The zero-order valence-electron chi connectivity index (χ0n) is 13.0. The van der Waals surface area contributed by atoms with Gasteiger partial charge in [0.05, 0.1) is 6.04 Å². The standard InChI is InChI=1S/C18H19ClFNOS/c1-12-16(17(11-22)21-8-6-15(20)7-9-21)10-18(23-12)13-2-4-14(19)5-3-13/h2-5,10-11,15,17H,6-9H2,1H3. The summed E-state index contributed by atoms with van der Waals surface area (Å²) in [6, 6.07) is 9.52. The molecule has 1 aliphatic rings. The number of carbonyl (C=O) groups excluding carboxylic acids is 1. The number of hydrogen-bond acceptors (Lipinski definition) is 3. The van der Waals surface area contributed by atoms with Gasteiger partial charge >= 0.3 is 0 Å². The van der Waals surface area contributed by atoms with E-state index in [2.05, 4.69) is 11.0 Å². The number of benzene rings is 1. The lowest BCUT2D eigenvalue weighted by Gasteiger charge is -2.32. The normalized spacial score (nSPS) is 18.0. The Morgan fingerprint density at radius 3 is 2.57 bits per heavy atom. The maximum atomic E-state index is 13.3. The number of nitrogens with zero attached hydrogens (tertiary/aromatic N) is 1. The molecule has 0 N–H and O–H groups in total. The van der Waals surface area contributed by atoms with Crippen molar-refractivity contribution in [3.8, 4) is 10.4 Å². The fourth-order valence-corrected chi connectivity index (χ4v) is 4.24. The van der Waals surface area contributed by atoms with Crippen LogP contribution in [0.15, 0.2) is 30.3 Å². The molecule has 0 aliphatic carbocycles. The Balaban J connectivity index is 1.86. The molecule has 0 spiro atoms. The molecule has 1 atom stereocenters. The number of aryl methyl sites for hydroxylation is 1. The van der Waals surface area contributed by atoms with E-state index >= 15 is 0 Å². The number of rotatable bonds is 4. The van der Waals surface area contributed by atoms with E-state index in [1.54, 1.807) is 11.3 Å². The van der Waals surface area contributed by atoms with E-state index < -0.39 is 6.17 Å². The number of alkyl halides is 1. The lowest BCUT2D eigenvalue weighted by Crippen LogP contribution is -2.38. The van der Waals surface area contributed by atoms with Crippen molar-refractivity contribution in [1.29, 1.82) is 0 Å². The van der Waals surface area contributed by atoms with Gasteiger partial charge in [0.2, 0.25) is 0 Å². The molecule has 0 radical (unpaired) electrons. The number of hydrogen-bond donors (Lipinski definition) is 0. The highest BCUT2D eigenvalue weighted by molar-refractivity contribution is 7.15. The Hall–Kier alpha value is -1.23. The Morgan fingerprint density at radius 1 is 1.30 bits per heavy atom. The quantitative estimate of drug-likeness (QED) is 0.718. The van der Waals surface area contributed by atoms with E-state index in [0.29, 0.717) is 31.0 Å². The lowest BCUT2D eigenvalue weighted by molar-refractivity contribution is -0.113. The summed E-state index contributed by atoms with van der Waals surface area (Å²) in [5.74, 6) is 0. The van der Waals surface area contributed by atoms with E-state index in [-0.39, 0.29) is 6.04 Å². The van der Waals surface area contributed by atoms with E-state index in [1.165, 1.54) is 0 Å². The van der Waals surface area contributed by atoms with Crippen molar-refractivity contribution in [1.82, 2.24) is 4.90 Å². The average Bonchev–Trinajstić information content (AvgIpc) is 2.92. The third-order valence-corrected chi connectivity index (χ3v) is 5.75. The molecule has 5 heteroatoms. The zero-order chi connectivity index (χ0) is 16.4. The molecule has 1 aromatic heterocycles. The third-order valence-electron chi connectivity index (χ3n) is 4.38. The predicted molar refractivity (Wildman–Crippen MR) is 94.0 cm³/mol. The minimum absolute atomic E-state index is 0.278. The molecular formula is C18H19ClFNOS. The fourth-order valence-electron chi connectivity index (χ4n) is 3.05. The van der Waals surface area contributed by atoms with Gasteiger partial charge < -0.3 is 4.79 Å². The van der Waals surface area contributed by atoms with Gasteiger partial charge in [-0.3, -0.25) is 4.90 Å². The van der Waals surface area contributed by atoms with Gasteiger partial charge in [-0.25, -0.2) is 4.39 Å². The number of piperidine rings is 1. The largest absolute Gasteiger partial charge is 0.301 e. The van der Waals surface area contributed by atoms with Crippen molar-refractivity contribution in [2.75, 3.05) is 13.1 Å². The van der Waals surface area contributed by atoms with Gasteiger partial charge in [0.1, 0.15) is 12.5 Å². The molecule has 122 valence electrons. The van der Waals surface area contributed by atoms with Gasteiger partial charge in [0.15, 0.2) is 0 Å². The number of aldehydes is 1. The summed E-state index contributed by atoms with van der Waals surface area (Å²) in [4.78, 5) is 16.0. The van der Waals surface area contributed by atoms with E-state index in [1.807, 2.05) is 31.2 Å². The summed E-state index contributed by atoms with van der Waals surface area (Å²) >= 11 is 7.62. The lowest BCUT2D eigenvalue weighted by atomic mass is 10.0. The Kier molecular flexibility index (Phi) is 5.14. The number of carbonyl (C=O) groups is 1. The molecule has 0 amide bonds. The summed E-state index contributed by atoms with van der Waals surface area (Å²) in [5, 5.41) is 0.710. The van der Waals surface area contributed by atoms with Crippen LogP contribution in [0.5, 0.6) is 0 Å². The molecule has 23 heavy (non-hydrogen) atoms. The van der Waals surface area contributed by atoms with E-state index in [9.17, 15) is 9.18 Å². The fraction of sp³-hybridized carbons (Fsp3) is 0.389. The van der Waals surface area contributed by atoms with Gasteiger partial charge in [0, 0.05) is 27.9 Å². The molecule has 1 fully saturated rings. The number of likely N-dealkylation sites (tertiary alicyclic amines) is 1. The Labute approximate surface area is 144 Å². The van der Waals surface area contributed by atoms with Crippen molar-refractivity contribution in [2.24, 2.45) is 0 Å². The van der Waals surface area contributed by atoms with Gasteiger partial charge in [-0.05, 0) is 49.1 Å². The molecule has 1 aliphatic heterocycles. The second-order valence-corrected chi connectivity index (χ2v) is 7.61. The molecule has 0 bridgehead atoms. The van der Waals surface area contributed by atoms with Gasteiger partial charge in [-0.2, -0.15) is 0 Å². The van der Waals surface area contributed by atoms with Crippen molar-refractivity contribution in [3.63, 3.8) is 0 Å². The van der Waals surface area contributed by atoms with Crippen LogP contribution in [-0.4, -0.2) is 30.4 Å². The summed E-state index contributed by atoms with van der Waals surface area (Å²) in [6.45, 7) is 3.31. The van der Waals surface area contributed by atoms with Crippen LogP contribution in [0, 0.1) is 6.92 Å². The van der Waals surface area contributed by atoms with E-state index in [4.69, 9.17) is 11.6 Å². The summed E-state index contributed by atoms with van der Waals surface area (Å²) in [5.41, 5.74) is 2.13. The van der Waals surface area contributed by atoms with Crippen molar-refractivity contribution in [3.05, 3.63) is 45.8 Å². The zero-order valence-corrected chi connectivity index (χ0v) is 14.5. The first-order valence-electron chi connectivity index (χ1n) is 7.78. The van der Waals surface area contributed by atoms with Crippen LogP contribution in [0.4, 0.5) is 4.39 Å². The number of halogens is 2. The smallest absolute Gasteiger partial charge is 0.141 e. The Bertz CT molecular complexity index is 677. The van der Waals surface area contributed by atoms with Gasteiger partial charge in [-0.1, -0.05) is 23.7 Å². The van der Waals surface area contributed by atoms with Gasteiger partial charge in [0.25, 0.3) is 0 Å². The van der Waals surface area contributed by atoms with Crippen LogP contribution < -0.4 is 0 Å². The van der Waals surface area contributed by atoms with Crippen LogP contribution in [0.3, 0.4) is 0 Å². The highest BCUT2D eigenvalue weighted by Crippen LogP contribution is 2.36. The maximum absolute atomic E-state index is 13.3. The molecule has 1 aromatic carbocycles. The van der Waals surface area contributed by atoms with Crippen LogP contribution >= 0.6 is 22.9 Å². The maximum Gasteiger partial charge on any atom is 0.141 e. The SMILES string of the molecule is Cc1sc(-c2ccc(Cl)cc2)cc1C(C=O)N1CCC(F)CC1. The van der Waals surface area contributed by atoms with Crippen molar-refractivity contribution in [2.45, 2.75) is 32.0 Å². The monoisotopic (exact) mass is 351 g/mol. The third kappa shape index (κ3) is 3.65. The van der Waals surface area contributed by atoms with E-state index in [0.717, 1.165) is 27.2 Å². The summed E-state index contributed by atoms with van der Waals surface area (Å²) < 4.78 is 13.3. The molecule has 2 heterocycles. The molecule has 0 saturated carbocycles. The van der Waals surface area contributed by atoms with Crippen LogP contribution in [0.2, 0.25) is 5.02 Å². The number of thiophene rings is 1. The molecular weight excluding hydrogens is 333 g/mol. The van der Waals surface area contributed by atoms with Crippen LogP contribution in [-0.2, 0) is 4.79 Å². The minimum atomic E-state index is -0.730. The molecule has 3 rings (SSSR count). The second-order valence-electron chi connectivity index (χ2n) is 5.92. The van der Waals surface area contributed by atoms with Crippen molar-refractivity contribution < 1.29 is 9.18 Å². The van der Waals surface area contributed by atoms with Crippen LogP contribution in [0.25, 0.3) is 10.4 Å². The summed E-state index contributed by atoms with van der Waals surface area (Å²) in [7, 11) is 0. The van der Waals surface area contributed by atoms with Crippen LogP contribution in [0.1, 0.15) is 29.3 Å².